The molecule has 2 aliphatic rings. The number of hydrogen-bond acceptors (Lipinski definition) is 4. The Bertz CT molecular complexity index is 673. The van der Waals surface area contributed by atoms with Crippen molar-refractivity contribution in [2.45, 2.75) is 39.3 Å². The third-order valence-corrected chi connectivity index (χ3v) is 5.48. The maximum atomic E-state index is 12.4. The van der Waals surface area contributed by atoms with E-state index < -0.39 is 0 Å². The molecule has 30 heavy (non-hydrogen) atoms. The lowest BCUT2D eigenvalue weighted by molar-refractivity contribution is -0.130. The summed E-state index contributed by atoms with van der Waals surface area (Å²) >= 11 is 0. The zero-order valence-corrected chi connectivity index (χ0v) is 20.4. The number of guanidine groups is 1. The number of rotatable bonds is 7. The van der Waals surface area contributed by atoms with Crippen LogP contribution in [-0.4, -0.2) is 74.1 Å². The molecule has 2 fully saturated rings. The SMILES string of the molecule is CCNC(=NCc1ccccc1CN1CCOCC1)NCC(=O)N1CCCCC1.I. The van der Waals surface area contributed by atoms with Crippen molar-refractivity contribution in [3.8, 4) is 0 Å². The summed E-state index contributed by atoms with van der Waals surface area (Å²) in [7, 11) is 0. The highest BCUT2D eigenvalue weighted by molar-refractivity contribution is 14.0. The molecule has 0 unspecified atom stereocenters. The van der Waals surface area contributed by atoms with E-state index in [1.165, 1.54) is 17.5 Å². The molecule has 2 heterocycles. The lowest BCUT2D eigenvalue weighted by Crippen LogP contribution is -2.46. The van der Waals surface area contributed by atoms with Crippen LogP contribution in [0.15, 0.2) is 29.3 Å². The smallest absolute Gasteiger partial charge is 0.241 e. The molecule has 0 radical (unpaired) electrons. The van der Waals surface area contributed by atoms with Crippen LogP contribution < -0.4 is 10.6 Å². The second kappa shape index (κ2) is 13.8. The fourth-order valence-corrected chi connectivity index (χ4v) is 3.79. The average molecular weight is 529 g/mol. The van der Waals surface area contributed by atoms with Crippen molar-refractivity contribution < 1.29 is 9.53 Å². The number of amides is 1. The number of benzene rings is 1. The van der Waals surface area contributed by atoms with Crippen molar-refractivity contribution in [1.82, 2.24) is 20.4 Å². The van der Waals surface area contributed by atoms with Crippen LogP contribution in [0.5, 0.6) is 0 Å². The normalized spacial score (nSPS) is 17.9. The minimum Gasteiger partial charge on any atom is -0.379 e. The van der Waals surface area contributed by atoms with Gasteiger partial charge < -0.3 is 20.3 Å². The van der Waals surface area contributed by atoms with E-state index in [2.05, 4.69) is 39.8 Å². The second-order valence-corrected chi connectivity index (χ2v) is 7.65. The Balaban J connectivity index is 0.00000320. The Labute approximate surface area is 197 Å². The van der Waals surface area contributed by atoms with Crippen molar-refractivity contribution in [3.05, 3.63) is 35.4 Å². The van der Waals surface area contributed by atoms with E-state index in [4.69, 9.17) is 9.73 Å². The Hall–Kier alpha value is -1.39. The number of piperidine rings is 1. The largest absolute Gasteiger partial charge is 0.379 e. The van der Waals surface area contributed by atoms with E-state index >= 15 is 0 Å². The fourth-order valence-electron chi connectivity index (χ4n) is 3.79. The third kappa shape index (κ3) is 8.03. The van der Waals surface area contributed by atoms with Crippen LogP contribution in [0.4, 0.5) is 0 Å². The minimum atomic E-state index is 0. The van der Waals surface area contributed by atoms with Crippen LogP contribution in [0.25, 0.3) is 0 Å². The van der Waals surface area contributed by atoms with E-state index in [1.807, 2.05) is 11.8 Å². The molecular formula is C22H36IN5O2. The van der Waals surface area contributed by atoms with Gasteiger partial charge in [-0.3, -0.25) is 9.69 Å². The third-order valence-electron chi connectivity index (χ3n) is 5.48. The van der Waals surface area contributed by atoms with Crippen LogP contribution in [0, 0.1) is 0 Å². The van der Waals surface area contributed by atoms with Crippen molar-refractivity contribution >= 4 is 35.8 Å². The van der Waals surface area contributed by atoms with E-state index in [-0.39, 0.29) is 29.9 Å². The lowest BCUT2D eigenvalue weighted by Gasteiger charge is -2.27. The van der Waals surface area contributed by atoms with Crippen molar-refractivity contribution in [1.29, 1.82) is 0 Å². The van der Waals surface area contributed by atoms with Gasteiger partial charge in [0.05, 0.1) is 26.3 Å². The van der Waals surface area contributed by atoms with Crippen molar-refractivity contribution in [3.63, 3.8) is 0 Å². The molecule has 0 saturated carbocycles. The molecule has 0 atom stereocenters. The summed E-state index contributed by atoms with van der Waals surface area (Å²) in [6, 6.07) is 8.47. The van der Waals surface area contributed by atoms with E-state index in [0.29, 0.717) is 19.0 Å². The molecule has 0 bridgehead atoms. The Kier molecular flexibility index (Phi) is 11.5. The molecule has 1 amide bonds. The maximum absolute atomic E-state index is 12.4. The summed E-state index contributed by atoms with van der Waals surface area (Å²) in [6.45, 7) is 9.92. The Morgan fingerprint density at radius 1 is 1.03 bits per heavy atom. The van der Waals surface area contributed by atoms with E-state index in [1.54, 1.807) is 0 Å². The number of halogens is 1. The molecule has 2 saturated heterocycles. The van der Waals surface area contributed by atoms with Crippen molar-refractivity contribution in [2.75, 3.05) is 52.5 Å². The zero-order chi connectivity index (χ0) is 20.3. The molecule has 168 valence electrons. The highest BCUT2D eigenvalue weighted by atomic mass is 127. The van der Waals surface area contributed by atoms with Gasteiger partial charge in [-0.1, -0.05) is 24.3 Å². The number of carbonyl (C=O) groups excluding carboxylic acids is 1. The van der Waals surface area contributed by atoms with Gasteiger partial charge in [0, 0.05) is 39.3 Å². The molecule has 0 aliphatic carbocycles. The van der Waals surface area contributed by atoms with E-state index in [0.717, 1.165) is 65.3 Å². The monoisotopic (exact) mass is 529 g/mol. The number of ether oxygens (including phenoxy) is 1. The number of carbonyl (C=O) groups is 1. The summed E-state index contributed by atoms with van der Waals surface area (Å²) in [4.78, 5) is 21.5. The van der Waals surface area contributed by atoms with Gasteiger partial charge >= 0.3 is 0 Å². The predicted octanol–water partition coefficient (Wildman–Crippen LogP) is 2.20. The quantitative estimate of drug-likeness (QED) is 0.322. The number of morpholine rings is 1. The number of hydrogen-bond donors (Lipinski definition) is 2. The molecule has 8 heteroatoms. The summed E-state index contributed by atoms with van der Waals surface area (Å²) in [5.41, 5.74) is 2.52. The standard InChI is InChI=1S/C22H35N5O2.HI/c1-2-23-22(25-17-21(28)27-10-6-3-7-11-27)24-16-19-8-4-5-9-20(19)18-26-12-14-29-15-13-26;/h4-5,8-9H,2-3,6-7,10-18H2,1H3,(H2,23,24,25);1H. The van der Waals surface area contributed by atoms with Gasteiger partial charge in [-0.25, -0.2) is 4.99 Å². The van der Waals surface area contributed by atoms with Gasteiger partial charge in [0.15, 0.2) is 5.96 Å². The van der Waals surface area contributed by atoms with E-state index in [9.17, 15) is 4.79 Å². The van der Waals surface area contributed by atoms with Gasteiger partial charge in [-0.05, 0) is 37.3 Å². The molecule has 2 aliphatic heterocycles. The molecule has 7 nitrogen and oxygen atoms in total. The van der Waals surface area contributed by atoms with Gasteiger partial charge in [-0.2, -0.15) is 0 Å². The molecular weight excluding hydrogens is 493 g/mol. The number of nitrogens with one attached hydrogen (secondary N) is 2. The van der Waals surface area contributed by atoms with Crippen LogP contribution >= 0.6 is 24.0 Å². The first kappa shape index (κ1) is 24.9. The van der Waals surface area contributed by atoms with Gasteiger partial charge in [0.1, 0.15) is 0 Å². The summed E-state index contributed by atoms with van der Waals surface area (Å²) in [5.74, 6) is 0.849. The van der Waals surface area contributed by atoms with Crippen LogP contribution in [0.3, 0.4) is 0 Å². The second-order valence-electron chi connectivity index (χ2n) is 7.65. The maximum Gasteiger partial charge on any atom is 0.241 e. The summed E-state index contributed by atoms with van der Waals surface area (Å²) < 4.78 is 5.45. The lowest BCUT2D eigenvalue weighted by atomic mass is 10.1. The van der Waals surface area contributed by atoms with Gasteiger partial charge in [0.2, 0.25) is 5.91 Å². The molecule has 1 aromatic carbocycles. The first-order valence-electron chi connectivity index (χ1n) is 10.9. The fraction of sp³-hybridized carbons (Fsp3) is 0.636. The molecule has 0 spiro atoms. The number of aliphatic imine (C=N–C) groups is 1. The first-order valence-corrected chi connectivity index (χ1v) is 10.9. The average Bonchev–Trinajstić information content (AvgIpc) is 2.77. The Morgan fingerprint density at radius 3 is 2.43 bits per heavy atom. The van der Waals surface area contributed by atoms with Gasteiger partial charge in [-0.15, -0.1) is 24.0 Å². The van der Waals surface area contributed by atoms with Crippen molar-refractivity contribution in [2.24, 2.45) is 4.99 Å². The van der Waals surface area contributed by atoms with Gasteiger partial charge in [0.25, 0.3) is 0 Å². The first-order chi connectivity index (χ1) is 14.3. The highest BCUT2D eigenvalue weighted by Crippen LogP contribution is 2.14. The van der Waals surface area contributed by atoms with Crippen LogP contribution in [0.2, 0.25) is 0 Å². The Morgan fingerprint density at radius 2 is 1.73 bits per heavy atom. The highest BCUT2D eigenvalue weighted by Gasteiger charge is 2.16. The molecule has 2 N–H and O–H groups in total. The summed E-state index contributed by atoms with van der Waals surface area (Å²) in [6.07, 6.45) is 3.45. The summed E-state index contributed by atoms with van der Waals surface area (Å²) in [5, 5.41) is 6.46. The predicted molar refractivity (Wildman–Crippen MR) is 131 cm³/mol. The topological polar surface area (TPSA) is 69.2 Å². The molecule has 0 aromatic heterocycles. The van der Waals surface area contributed by atoms with Crippen LogP contribution in [-0.2, 0) is 22.6 Å². The number of likely N-dealkylation sites (tertiary alicyclic amines) is 1. The zero-order valence-electron chi connectivity index (χ0n) is 18.1. The number of nitrogens with zero attached hydrogens (tertiary/aromatic N) is 3. The molecule has 1 aromatic rings. The molecule has 3 rings (SSSR count). The van der Waals surface area contributed by atoms with Crippen LogP contribution in [0.1, 0.15) is 37.3 Å². The minimum absolute atomic E-state index is 0.